The molecule has 2 rings (SSSR count). The molecule has 0 unspecified atom stereocenters. The maximum absolute atomic E-state index is 4.31. The minimum absolute atomic E-state index is 0. The second kappa shape index (κ2) is 8.96. The van der Waals surface area contributed by atoms with Crippen LogP contribution in [-0.4, -0.2) is 18.0 Å². The Labute approximate surface area is 152 Å². The molecule has 0 saturated carbocycles. The average Bonchev–Trinajstić information content (AvgIpc) is 2.99. The molecule has 2 N–H and O–H groups in total. The Balaban J connectivity index is 0.00000200. The summed E-state index contributed by atoms with van der Waals surface area (Å²) in [6.07, 6.45) is 1.89. The van der Waals surface area contributed by atoms with Crippen molar-refractivity contribution in [3.05, 3.63) is 36.9 Å². The molecule has 0 bridgehead atoms. The molecule has 20 heavy (non-hydrogen) atoms. The van der Waals surface area contributed by atoms with E-state index in [1.807, 2.05) is 6.20 Å². The van der Waals surface area contributed by atoms with Crippen molar-refractivity contribution in [3.63, 3.8) is 0 Å². The van der Waals surface area contributed by atoms with Gasteiger partial charge < -0.3 is 10.6 Å². The number of rotatable bonds is 4. The first-order valence-corrected chi connectivity index (χ1v) is 8.20. The van der Waals surface area contributed by atoms with Crippen LogP contribution in [-0.2, 0) is 13.1 Å². The van der Waals surface area contributed by atoms with Gasteiger partial charge in [-0.1, -0.05) is 0 Å². The quantitative estimate of drug-likeness (QED) is 0.393. The summed E-state index contributed by atoms with van der Waals surface area (Å²) in [5, 5.41) is 7.61. The standard InChI is InChI=1S/C12H15BrN4S2.HI/c1-8-5-15-11(18-8)7-17-12(14-2)16-6-9-3-4-10(13)19-9;/h3-5H,6-7H2,1-2H3,(H2,14,16,17);1H. The van der Waals surface area contributed by atoms with Crippen LogP contribution in [0, 0.1) is 6.92 Å². The molecule has 0 aromatic carbocycles. The van der Waals surface area contributed by atoms with Crippen LogP contribution in [0.15, 0.2) is 27.1 Å². The summed E-state index contributed by atoms with van der Waals surface area (Å²) < 4.78 is 1.14. The molecule has 0 aliphatic carbocycles. The zero-order valence-electron chi connectivity index (χ0n) is 11.1. The minimum atomic E-state index is 0. The van der Waals surface area contributed by atoms with Crippen molar-refractivity contribution in [3.8, 4) is 0 Å². The van der Waals surface area contributed by atoms with Crippen LogP contribution >= 0.6 is 62.6 Å². The number of aliphatic imine (C=N–C) groups is 1. The van der Waals surface area contributed by atoms with E-state index in [2.05, 4.69) is 55.6 Å². The SMILES string of the molecule is CN=C(NCc1ccc(Br)s1)NCc1ncc(C)s1.I. The molecule has 0 radical (unpaired) electrons. The Kier molecular flexibility index (Phi) is 8.00. The highest BCUT2D eigenvalue weighted by Crippen LogP contribution is 2.21. The number of nitrogens with zero attached hydrogens (tertiary/aromatic N) is 2. The van der Waals surface area contributed by atoms with Gasteiger partial charge in [-0.25, -0.2) is 4.98 Å². The van der Waals surface area contributed by atoms with Gasteiger partial charge in [0.1, 0.15) is 5.01 Å². The summed E-state index contributed by atoms with van der Waals surface area (Å²) in [7, 11) is 1.77. The Bertz CT molecular complexity index is 521. The van der Waals surface area contributed by atoms with E-state index in [4.69, 9.17) is 0 Å². The van der Waals surface area contributed by atoms with Gasteiger partial charge in [0, 0.05) is 23.0 Å². The van der Waals surface area contributed by atoms with Gasteiger partial charge in [-0.3, -0.25) is 4.99 Å². The second-order valence-corrected chi connectivity index (χ2v) is 7.72. The number of nitrogens with one attached hydrogen (secondary N) is 2. The summed E-state index contributed by atoms with van der Waals surface area (Å²) in [4.78, 5) is 11.0. The normalized spacial score (nSPS) is 11.1. The van der Waals surface area contributed by atoms with Crippen LogP contribution in [0.4, 0.5) is 0 Å². The van der Waals surface area contributed by atoms with Gasteiger partial charge >= 0.3 is 0 Å². The molecular formula is C12H16BrIN4S2. The van der Waals surface area contributed by atoms with E-state index in [-0.39, 0.29) is 24.0 Å². The number of thiazole rings is 1. The third-order valence-corrected chi connectivity index (χ3v) is 4.90. The third-order valence-electron chi connectivity index (χ3n) is 2.36. The van der Waals surface area contributed by atoms with Crippen LogP contribution in [0.5, 0.6) is 0 Å². The van der Waals surface area contributed by atoms with Crippen molar-refractivity contribution >= 4 is 68.5 Å². The van der Waals surface area contributed by atoms with Gasteiger partial charge in [-0.05, 0) is 35.0 Å². The van der Waals surface area contributed by atoms with Crippen LogP contribution in [0.25, 0.3) is 0 Å². The molecule has 2 aromatic rings. The molecule has 0 saturated heterocycles. The van der Waals surface area contributed by atoms with E-state index in [1.54, 1.807) is 29.7 Å². The average molecular weight is 487 g/mol. The summed E-state index contributed by atoms with van der Waals surface area (Å²) in [6, 6.07) is 4.15. The Morgan fingerprint density at radius 1 is 1.30 bits per heavy atom. The van der Waals surface area contributed by atoms with Crippen molar-refractivity contribution in [1.29, 1.82) is 0 Å². The Hall–Kier alpha value is -0.190. The molecule has 2 aromatic heterocycles. The van der Waals surface area contributed by atoms with Gasteiger partial charge in [-0.15, -0.1) is 46.7 Å². The van der Waals surface area contributed by atoms with Gasteiger partial charge in [0.25, 0.3) is 0 Å². The van der Waals surface area contributed by atoms with Gasteiger partial charge in [0.05, 0.1) is 16.9 Å². The Morgan fingerprint density at radius 2 is 2.05 bits per heavy atom. The van der Waals surface area contributed by atoms with Crippen molar-refractivity contribution in [2.45, 2.75) is 20.0 Å². The van der Waals surface area contributed by atoms with E-state index in [0.29, 0.717) is 6.54 Å². The maximum Gasteiger partial charge on any atom is 0.191 e. The van der Waals surface area contributed by atoms with Crippen LogP contribution in [0.2, 0.25) is 0 Å². The third kappa shape index (κ3) is 5.66. The number of hydrogen-bond acceptors (Lipinski definition) is 4. The molecule has 0 fully saturated rings. The van der Waals surface area contributed by atoms with E-state index in [0.717, 1.165) is 21.3 Å². The first-order valence-electron chi connectivity index (χ1n) is 5.77. The molecule has 2 heterocycles. The smallest absolute Gasteiger partial charge is 0.191 e. The molecule has 0 amide bonds. The largest absolute Gasteiger partial charge is 0.352 e. The highest BCUT2D eigenvalue weighted by Gasteiger charge is 2.03. The number of aryl methyl sites for hydroxylation is 1. The van der Waals surface area contributed by atoms with Crippen molar-refractivity contribution in [2.75, 3.05) is 7.05 Å². The zero-order valence-corrected chi connectivity index (χ0v) is 16.7. The lowest BCUT2D eigenvalue weighted by atomic mass is 10.5. The number of guanidine groups is 1. The van der Waals surface area contributed by atoms with Crippen LogP contribution < -0.4 is 10.6 Å². The fourth-order valence-electron chi connectivity index (χ4n) is 1.48. The predicted molar refractivity (Wildman–Crippen MR) is 101 cm³/mol. The molecule has 110 valence electrons. The topological polar surface area (TPSA) is 49.3 Å². The number of aromatic nitrogens is 1. The molecule has 0 aliphatic heterocycles. The lowest BCUT2D eigenvalue weighted by Gasteiger charge is -2.09. The molecule has 4 nitrogen and oxygen atoms in total. The lowest BCUT2D eigenvalue weighted by Crippen LogP contribution is -2.36. The first-order chi connectivity index (χ1) is 9.17. The number of thiophene rings is 1. The van der Waals surface area contributed by atoms with Gasteiger partial charge in [0.2, 0.25) is 0 Å². The molecular weight excluding hydrogens is 471 g/mol. The molecule has 0 aliphatic rings. The summed E-state index contributed by atoms with van der Waals surface area (Å²) in [5.41, 5.74) is 0. The highest BCUT2D eigenvalue weighted by molar-refractivity contribution is 14.0. The fourth-order valence-corrected chi connectivity index (χ4v) is 3.63. The monoisotopic (exact) mass is 486 g/mol. The number of hydrogen-bond donors (Lipinski definition) is 2. The zero-order chi connectivity index (χ0) is 13.7. The van der Waals surface area contributed by atoms with Gasteiger partial charge in [-0.2, -0.15) is 0 Å². The summed E-state index contributed by atoms with van der Waals surface area (Å²) in [5.74, 6) is 0.789. The predicted octanol–water partition coefficient (Wildman–Crippen LogP) is 3.76. The second-order valence-electron chi connectivity index (χ2n) is 3.85. The maximum atomic E-state index is 4.31. The Morgan fingerprint density at radius 3 is 2.60 bits per heavy atom. The fraction of sp³-hybridized carbons (Fsp3) is 0.333. The minimum Gasteiger partial charge on any atom is -0.352 e. The van der Waals surface area contributed by atoms with Crippen molar-refractivity contribution in [2.24, 2.45) is 4.99 Å². The lowest BCUT2D eigenvalue weighted by molar-refractivity contribution is 0.811. The van der Waals surface area contributed by atoms with Crippen LogP contribution in [0.3, 0.4) is 0 Å². The van der Waals surface area contributed by atoms with Crippen LogP contribution in [0.1, 0.15) is 14.8 Å². The van der Waals surface area contributed by atoms with E-state index in [1.165, 1.54) is 9.75 Å². The highest BCUT2D eigenvalue weighted by atomic mass is 127. The molecule has 0 atom stereocenters. The molecule has 0 spiro atoms. The van der Waals surface area contributed by atoms with E-state index in [9.17, 15) is 0 Å². The van der Waals surface area contributed by atoms with Crippen molar-refractivity contribution < 1.29 is 0 Å². The number of halogens is 2. The van der Waals surface area contributed by atoms with E-state index < -0.39 is 0 Å². The summed E-state index contributed by atoms with van der Waals surface area (Å²) >= 11 is 6.87. The van der Waals surface area contributed by atoms with Crippen molar-refractivity contribution in [1.82, 2.24) is 15.6 Å². The first kappa shape index (κ1) is 17.9. The van der Waals surface area contributed by atoms with E-state index >= 15 is 0 Å². The molecule has 8 heteroatoms. The van der Waals surface area contributed by atoms with Gasteiger partial charge in [0.15, 0.2) is 5.96 Å². The summed E-state index contributed by atoms with van der Waals surface area (Å²) in [6.45, 7) is 3.53.